The lowest BCUT2D eigenvalue weighted by molar-refractivity contribution is -0.146. The molecular formula is C14H29N3O2. The van der Waals surface area contributed by atoms with Crippen LogP contribution in [0.15, 0.2) is 0 Å². The van der Waals surface area contributed by atoms with E-state index < -0.39 is 0 Å². The first-order valence-corrected chi connectivity index (χ1v) is 7.29. The molecule has 0 saturated heterocycles. The van der Waals surface area contributed by atoms with Gasteiger partial charge in [0.25, 0.3) is 0 Å². The number of hydrogen-bond donors (Lipinski definition) is 1. The van der Waals surface area contributed by atoms with Crippen LogP contribution in [0.5, 0.6) is 0 Å². The molecule has 1 aliphatic carbocycles. The minimum atomic E-state index is -0.184. The SMILES string of the molecule is CCOC(=O)C(CN(C)CCCN(C)C)NC1CC1. The molecule has 1 saturated carbocycles. The Bertz CT molecular complexity index is 267. The highest BCUT2D eigenvalue weighted by atomic mass is 16.5. The molecule has 19 heavy (non-hydrogen) atoms. The number of rotatable bonds is 10. The van der Waals surface area contributed by atoms with E-state index in [4.69, 9.17) is 4.74 Å². The largest absolute Gasteiger partial charge is 0.465 e. The molecule has 1 N–H and O–H groups in total. The van der Waals surface area contributed by atoms with Crippen molar-refractivity contribution in [2.45, 2.75) is 38.3 Å². The number of ether oxygens (including phenoxy) is 1. The van der Waals surface area contributed by atoms with Crippen LogP contribution in [0.1, 0.15) is 26.2 Å². The quantitative estimate of drug-likeness (QED) is 0.588. The molecule has 5 nitrogen and oxygen atoms in total. The lowest BCUT2D eigenvalue weighted by Crippen LogP contribution is -2.47. The Kier molecular flexibility index (Phi) is 7.34. The van der Waals surface area contributed by atoms with E-state index in [0.717, 1.165) is 26.1 Å². The van der Waals surface area contributed by atoms with Gasteiger partial charge in [0.1, 0.15) is 6.04 Å². The van der Waals surface area contributed by atoms with E-state index in [-0.39, 0.29) is 12.0 Å². The lowest BCUT2D eigenvalue weighted by atomic mass is 10.2. The summed E-state index contributed by atoms with van der Waals surface area (Å²) >= 11 is 0. The molecule has 0 aromatic rings. The monoisotopic (exact) mass is 271 g/mol. The Morgan fingerprint density at radius 3 is 2.53 bits per heavy atom. The van der Waals surface area contributed by atoms with Crippen molar-refractivity contribution in [3.8, 4) is 0 Å². The van der Waals surface area contributed by atoms with Crippen LogP contribution in [0.4, 0.5) is 0 Å². The van der Waals surface area contributed by atoms with Crippen molar-refractivity contribution in [2.75, 3.05) is 47.4 Å². The van der Waals surface area contributed by atoms with Gasteiger partial charge in [0.05, 0.1) is 6.61 Å². The minimum Gasteiger partial charge on any atom is -0.465 e. The first-order valence-electron chi connectivity index (χ1n) is 7.29. The molecule has 112 valence electrons. The van der Waals surface area contributed by atoms with E-state index in [1.807, 2.05) is 6.92 Å². The molecule has 0 heterocycles. The summed E-state index contributed by atoms with van der Waals surface area (Å²) < 4.78 is 5.14. The van der Waals surface area contributed by atoms with Gasteiger partial charge in [-0.1, -0.05) is 0 Å². The summed E-state index contributed by atoms with van der Waals surface area (Å²) in [5.41, 5.74) is 0. The van der Waals surface area contributed by atoms with Gasteiger partial charge in [-0.3, -0.25) is 4.79 Å². The Morgan fingerprint density at radius 2 is 2.00 bits per heavy atom. The van der Waals surface area contributed by atoms with Crippen molar-refractivity contribution in [3.05, 3.63) is 0 Å². The fourth-order valence-corrected chi connectivity index (χ4v) is 2.03. The summed E-state index contributed by atoms with van der Waals surface area (Å²) in [5.74, 6) is -0.117. The summed E-state index contributed by atoms with van der Waals surface area (Å²) in [6.45, 7) is 5.10. The second kappa shape index (κ2) is 8.51. The van der Waals surface area contributed by atoms with Gasteiger partial charge in [0.15, 0.2) is 0 Å². The van der Waals surface area contributed by atoms with Crippen LogP contribution >= 0.6 is 0 Å². The van der Waals surface area contributed by atoms with Crippen LogP contribution in [-0.4, -0.2) is 75.2 Å². The second-order valence-electron chi connectivity index (χ2n) is 5.66. The van der Waals surface area contributed by atoms with Crippen LogP contribution in [0.25, 0.3) is 0 Å². The molecule has 1 fully saturated rings. The summed E-state index contributed by atoms with van der Waals surface area (Å²) in [5, 5.41) is 3.38. The van der Waals surface area contributed by atoms with Crippen LogP contribution in [0.2, 0.25) is 0 Å². The van der Waals surface area contributed by atoms with E-state index in [9.17, 15) is 4.79 Å². The maximum absolute atomic E-state index is 11.9. The molecule has 0 radical (unpaired) electrons. The summed E-state index contributed by atoms with van der Waals surface area (Å²) in [7, 11) is 6.22. The van der Waals surface area contributed by atoms with Crippen LogP contribution in [0.3, 0.4) is 0 Å². The number of carbonyl (C=O) groups excluding carboxylic acids is 1. The first kappa shape index (κ1) is 16.4. The van der Waals surface area contributed by atoms with Crippen molar-refractivity contribution < 1.29 is 9.53 Å². The molecule has 0 aromatic carbocycles. The molecule has 1 aliphatic rings. The van der Waals surface area contributed by atoms with Gasteiger partial charge < -0.3 is 19.9 Å². The second-order valence-corrected chi connectivity index (χ2v) is 5.66. The predicted molar refractivity (Wildman–Crippen MR) is 77.2 cm³/mol. The van der Waals surface area contributed by atoms with Crippen molar-refractivity contribution in [1.29, 1.82) is 0 Å². The van der Waals surface area contributed by atoms with E-state index in [2.05, 4.69) is 36.3 Å². The molecule has 0 spiro atoms. The fraction of sp³-hybridized carbons (Fsp3) is 0.929. The number of likely N-dealkylation sites (N-methyl/N-ethyl adjacent to an activating group) is 1. The third-order valence-electron chi connectivity index (χ3n) is 3.22. The average Bonchev–Trinajstić information content (AvgIpc) is 3.12. The standard InChI is InChI=1S/C14H29N3O2/c1-5-19-14(18)13(15-12-7-8-12)11-17(4)10-6-9-16(2)3/h12-13,15H,5-11H2,1-4H3. The maximum atomic E-state index is 11.9. The minimum absolute atomic E-state index is 0.117. The molecule has 0 bridgehead atoms. The van der Waals surface area contributed by atoms with Crippen LogP contribution in [-0.2, 0) is 9.53 Å². The summed E-state index contributed by atoms with van der Waals surface area (Å²) in [6.07, 6.45) is 3.48. The molecule has 1 atom stereocenters. The Hall–Kier alpha value is -0.650. The van der Waals surface area contributed by atoms with Crippen LogP contribution in [0, 0.1) is 0 Å². The fourth-order valence-electron chi connectivity index (χ4n) is 2.03. The molecule has 0 aromatic heterocycles. The van der Waals surface area contributed by atoms with Gasteiger partial charge in [-0.25, -0.2) is 0 Å². The van der Waals surface area contributed by atoms with Gasteiger partial charge >= 0.3 is 5.97 Å². The molecule has 0 amide bonds. The predicted octanol–water partition coefficient (Wildman–Crippen LogP) is 0.554. The van der Waals surface area contributed by atoms with Crippen molar-refractivity contribution >= 4 is 5.97 Å². The highest BCUT2D eigenvalue weighted by Crippen LogP contribution is 2.19. The molecular weight excluding hydrogens is 242 g/mol. The zero-order valence-electron chi connectivity index (χ0n) is 12.8. The number of nitrogens with zero attached hydrogens (tertiary/aromatic N) is 2. The number of carbonyl (C=O) groups is 1. The molecule has 1 rings (SSSR count). The van der Waals surface area contributed by atoms with Crippen molar-refractivity contribution in [3.63, 3.8) is 0 Å². The van der Waals surface area contributed by atoms with E-state index in [0.29, 0.717) is 12.6 Å². The molecule has 1 unspecified atom stereocenters. The normalized spacial score (nSPS) is 16.9. The first-order chi connectivity index (χ1) is 9.02. The Labute approximate surface area is 117 Å². The summed E-state index contributed by atoms with van der Waals surface area (Å²) in [4.78, 5) is 16.3. The maximum Gasteiger partial charge on any atom is 0.324 e. The Balaban J connectivity index is 2.30. The van der Waals surface area contributed by atoms with Crippen molar-refractivity contribution in [1.82, 2.24) is 15.1 Å². The topological polar surface area (TPSA) is 44.8 Å². The van der Waals surface area contributed by atoms with E-state index in [1.165, 1.54) is 12.8 Å². The van der Waals surface area contributed by atoms with Gasteiger partial charge in [-0.2, -0.15) is 0 Å². The Morgan fingerprint density at radius 1 is 1.32 bits per heavy atom. The van der Waals surface area contributed by atoms with Gasteiger partial charge in [-0.15, -0.1) is 0 Å². The molecule has 5 heteroatoms. The zero-order chi connectivity index (χ0) is 14.3. The van der Waals surface area contributed by atoms with Crippen LogP contribution < -0.4 is 5.32 Å². The molecule has 0 aliphatic heterocycles. The smallest absolute Gasteiger partial charge is 0.324 e. The van der Waals surface area contributed by atoms with Gasteiger partial charge in [0.2, 0.25) is 0 Å². The lowest BCUT2D eigenvalue weighted by Gasteiger charge is -2.24. The number of nitrogens with one attached hydrogen (secondary N) is 1. The zero-order valence-corrected chi connectivity index (χ0v) is 12.8. The van der Waals surface area contributed by atoms with E-state index in [1.54, 1.807) is 0 Å². The third-order valence-corrected chi connectivity index (χ3v) is 3.22. The average molecular weight is 271 g/mol. The number of esters is 1. The van der Waals surface area contributed by atoms with Crippen molar-refractivity contribution in [2.24, 2.45) is 0 Å². The third kappa shape index (κ3) is 7.50. The number of hydrogen-bond acceptors (Lipinski definition) is 5. The van der Waals surface area contributed by atoms with Gasteiger partial charge in [0, 0.05) is 12.6 Å². The highest BCUT2D eigenvalue weighted by molar-refractivity contribution is 5.76. The van der Waals surface area contributed by atoms with Gasteiger partial charge in [-0.05, 0) is 60.4 Å². The highest BCUT2D eigenvalue weighted by Gasteiger charge is 2.29. The summed E-state index contributed by atoms with van der Waals surface area (Å²) in [6, 6.07) is 0.335. The van der Waals surface area contributed by atoms with E-state index >= 15 is 0 Å².